The molecule has 6 heteroatoms. The van der Waals surface area contributed by atoms with Crippen LogP contribution < -0.4 is 4.74 Å². The smallest absolute Gasteiger partial charge is 0.330 e. The Balaban J connectivity index is 1.42. The second-order valence-corrected chi connectivity index (χ2v) is 7.24. The number of aromatic nitrogens is 2. The van der Waals surface area contributed by atoms with Crippen molar-refractivity contribution in [2.45, 2.75) is 26.4 Å². The fourth-order valence-corrected chi connectivity index (χ4v) is 3.15. The van der Waals surface area contributed by atoms with E-state index in [2.05, 4.69) is 9.97 Å². The molecule has 2 heterocycles. The molecule has 3 rings (SSSR count). The third-order valence-electron chi connectivity index (χ3n) is 3.93. The topological polar surface area (TPSA) is 61.3 Å². The van der Waals surface area contributed by atoms with E-state index in [9.17, 15) is 4.79 Å². The van der Waals surface area contributed by atoms with Crippen LogP contribution in [0.4, 0.5) is 0 Å². The molecule has 0 radical (unpaired) electrons. The van der Waals surface area contributed by atoms with Gasteiger partial charge >= 0.3 is 5.97 Å². The first-order chi connectivity index (χ1) is 13.7. The molecule has 0 N–H and O–H groups in total. The van der Waals surface area contributed by atoms with Gasteiger partial charge in [0.05, 0.1) is 17.3 Å². The zero-order chi connectivity index (χ0) is 19.6. The van der Waals surface area contributed by atoms with Crippen molar-refractivity contribution in [3.63, 3.8) is 0 Å². The molecule has 28 heavy (non-hydrogen) atoms. The van der Waals surface area contributed by atoms with Crippen LogP contribution in [0.5, 0.6) is 5.75 Å². The molecule has 0 aliphatic heterocycles. The van der Waals surface area contributed by atoms with E-state index in [0.717, 1.165) is 34.9 Å². The van der Waals surface area contributed by atoms with Crippen molar-refractivity contribution < 1.29 is 14.3 Å². The Morgan fingerprint density at radius 2 is 2.07 bits per heavy atom. The Morgan fingerprint density at radius 1 is 1.21 bits per heavy atom. The molecule has 0 atom stereocenters. The van der Waals surface area contributed by atoms with Crippen molar-refractivity contribution >= 4 is 23.4 Å². The molecule has 3 aromatic rings. The van der Waals surface area contributed by atoms with E-state index < -0.39 is 0 Å². The number of nitrogens with zero attached hydrogens (tertiary/aromatic N) is 2. The van der Waals surface area contributed by atoms with E-state index in [1.807, 2.05) is 48.7 Å². The lowest BCUT2D eigenvalue weighted by Gasteiger charge is -2.05. The van der Waals surface area contributed by atoms with Crippen LogP contribution in [0, 0.1) is 6.92 Å². The van der Waals surface area contributed by atoms with E-state index in [-0.39, 0.29) is 5.97 Å². The molecule has 1 aromatic carbocycles. The molecule has 5 nitrogen and oxygen atoms in total. The van der Waals surface area contributed by atoms with Crippen molar-refractivity contribution in [1.82, 2.24) is 9.97 Å². The van der Waals surface area contributed by atoms with Gasteiger partial charge in [0.15, 0.2) is 0 Å². The normalized spacial score (nSPS) is 10.9. The summed E-state index contributed by atoms with van der Waals surface area (Å²) in [6.07, 6.45) is 8.33. The van der Waals surface area contributed by atoms with Gasteiger partial charge in [0.25, 0.3) is 0 Å². The minimum Gasteiger partial charge on any atom is -0.487 e. The molecule has 0 bridgehead atoms. The lowest BCUT2D eigenvalue weighted by Crippen LogP contribution is -2.03. The zero-order valence-electron chi connectivity index (χ0n) is 15.7. The van der Waals surface area contributed by atoms with Gasteiger partial charge in [-0.05, 0) is 61.2 Å². The number of ether oxygens (including phenoxy) is 2. The standard InChI is InChI=1S/C22H22N2O3S/c1-17-24-20(16-28-17)15-27-21-6-2-4-19(14-21)7-8-22(25)26-13-3-5-18-9-11-23-12-10-18/h2,4,6-12,14,16H,3,5,13,15H2,1H3/b8-7+. The highest BCUT2D eigenvalue weighted by atomic mass is 32.1. The SMILES string of the molecule is Cc1nc(COc2cccc(/C=C/C(=O)OCCCc3ccncc3)c2)cs1. The Kier molecular flexibility index (Phi) is 7.32. The number of pyridine rings is 1. The van der Waals surface area contributed by atoms with Crippen LogP contribution in [-0.4, -0.2) is 22.5 Å². The maximum atomic E-state index is 11.9. The number of thiazole rings is 1. The molecule has 0 aliphatic carbocycles. The van der Waals surface area contributed by atoms with E-state index in [1.165, 1.54) is 11.6 Å². The highest BCUT2D eigenvalue weighted by molar-refractivity contribution is 7.09. The minimum atomic E-state index is -0.348. The quantitative estimate of drug-likeness (QED) is 0.301. The number of esters is 1. The van der Waals surface area contributed by atoms with Crippen LogP contribution in [0.15, 0.2) is 60.2 Å². The molecule has 0 amide bonds. The third-order valence-corrected chi connectivity index (χ3v) is 4.75. The van der Waals surface area contributed by atoms with Gasteiger partial charge in [-0.2, -0.15) is 0 Å². The summed E-state index contributed by atoms with van der Waals surface area (Å²) in [5.41, 5.74) is 2.98. The van der Waals surface area contributed by atoms with Gasteiger partial charge in [0, 0.05) is 23.8 Å². The van der Waals surface area contributed by atoms with Crippen LogP contribution in [-0.2, 0) is 22.6 Å². The average Bonchev–Trinajstić information content (AvgIpc) is 3.14. The molecule has 0 saturated heterocycles. The first-order valence-corrected chi connectivity index (χ1v) is 9.94. The molecule has 0 saturated carbocycles. The van der Waals surface area contributed by atoms with E-state index in [4.69, 9.17) is 9.47 Å². The van der Waals surface area contributed by atoms with Gasteiger partial charge < -0.3 is 9.47 Å². The van der Waals surface area contributed by atoms with Gasteiger partial charge in [0.1, 0.15) is 12.4 Å². The summed E-state index contributed by atoms with van der Waals surface area (Å²) in [4.78, 5) is 20.2. The van der Waals surface area contributed by atoms with Crippen LogP contribution in [0.3, 0.4) is 0 Å². The molecular weight excluding hydrogens is 372 g/mol. The van der Waals surface area contributed by atoms with Crippen molar-refractivity contribution in [3.05, 3.63) is 82.1 Å². The van der Waals surface area contributed by atoms with Crippen LogP contribution in [0.1, 0.15) is 28.2 Å². The van der Waals surface area contributed by atoms with Gasteiger partial charge in [-0.25, -0.2) is 9.78 Å². The van der Waals surface area contributed by atoms with Gasteiger partial charge in [-0.1, -0.05) is 12.1 Å². The number of aryl methyl sites for hydroxylation is 2. The second kappa shape index (κ2) is 10.4. The predicted molar refractivity (Wildman–Crippen MR) is 110 cm³/mol. The number of hydrogen-bond acceptors (Lipinski definition) is 6. The summed E-state index contributed by atoms with van der Waals surface area (Å²) in [7, 11) is 0. The lowest BCUT2D eigenvalue weighted by atomic mass is 10.1. The van der Waals surface area contributed by atoms with Crippen LogP contribution in [0.25, 0.3) is 6.08 Å². The predicted octanol–water partition coefficient (Wildman–Crippen LogP) is 4.61. The average molecular weight is 394 g/mol. The second-order valence-electron chi connectivity index (χ2n) is 6.18. The number of carbonyl (C=O) groups is 1. The first-order valence-electron chi connectivity index (χ1n) is 9.07. The van der Waals surface area contributed by atoms with Gasteiger partial charge in [-0.15, -0.1) is 11.3 Å². The molecule has 0 spiro atoms. The Morgan fingerprint density at radius 3 is 2.86 bits per heavy atom. The van der Waals surface area contributed by atoms with Gasteiger partial charge in [-0.3, -0.25) is 4.98 Å². The van der Waals surface area contributed by atoms with E-state index in [0.29, 0.717) is 13.2 Å². The summed E-state index contributed by atoms with van der Waals surface area (Å²) in [5.74, 6) is 0.387. The Bertz CT molecular complexity index is 922. The Labute approximate surface area is 168 Å². The fraction of sp³-hybridized carbons (Fsp3) is 0.227. The number of carbonyl (C=O) groups excluding carboxylic acids is 1. The third kappa shape index (κ3) is 6.63. The maximum Gasteiger partial charge on any atom is 0.330 e. The largest absolute Gasteiger partial charge is 0.487 e. The summed E-state index contributed by atoms with van der Waals surface area (Å²) in [5, 5.41) is 3.01. The van der Waals surface area contributed by atoms with Crippen molar-refractivity contribution in [2.24, 2.45) is 0 Å². The Hall–Kier alpha value is -2.99. The van der Waals surface area contributed by atoms with Crippen LogP contribution >= 0.6 is 11.3 Å². The molecular formula is C22H22N2O3S. The summed E-state index contributed by atoms with van der Waals surface area (Å²) < 4.78 is 11.0. The maximum absolute atomic E-state index is 11.9. The fourth-order valence-electron chi connectivity index (χ4n) is 2.55. The summed E-state index contributed by atoms with van der Waals surface area (Å²) >= 11 is 1.60. The molecule has 0 unspecified atom stereocenters. The zero-order valence-corrected chi connectivity index (χ0v) is 16.5. The lowest BCUT2D eigenvalue weighted by molar-refractivity contribution is -0.137. The van der Waals surface area contributed by atoms with E-state index in [1.54, 1.807) is 29.8 Å². The van der Waals surface area contributed by atoms with Gasteiger partial charge in [0.2, 0.25) is 0 Å². The van der Waals surface area contributed by atoms with Crippen LogP contribution in [0.2, 0.25) is 0 Å². The molecule has 2 aromatic heterocycles. The van der Waals surface area contributed by atoms with E-state index >= 15 is 0 Å². The monoisotopic (exact) mass is 394 g/mol. The number of rotatable bonds is 9. The van der Waals surface area contributed by atoms with Crippen molar-refractivity contribution in [1.29, 1.82) is 0 Å². The highest BCUT2D eigenvalue weighted by Gasteiger charge is 2.02. The highest BCUT2D eigenvalue weighted by Crippen LogP contribution is 2.17. The molecule has 0 fully saturated rings. The van der Waals surface area contributed by atoms with Crippen molar-refractivity contribution in [3.8, 4) is 5.75 Å². The summed E-state index contributed by atoms with van der Waals surface area (Å²) in [6, 6.07) is 11.5. The number of benzene rings is 1. The minimum absolute atomic E-state index is 0.348. The summed E-state index contributed by atoms with van der Waals surface area (Å²) in [6.45, 7) is 2.79. The molecule has 0 aliphatic rings. The number of hydrogen-bond donors (Lipinski definition) is 0. The van der Waals surface area contributed by atoms with Crippen molar-refractivity contribution in [2.75, 3.05) is 6.61 Å². The first kappa shape index (κ1) is 19.8. The molecule has 144 valence electrons.